The number of amides is 1. The summed E-state index contributed by atoms with van der Waals surface area (Å²) in [5.41, 5.74) is 1.07. The second-order valence-corrected chi connectivity index (χ2v) is 5.17. The Kier molecular flexibility index (Phi) is 7.12. The van der Waals surface area contributed by atoms with Gasteiger partial charge < -0.3 is 14.8 Å². The van der Waals surface area contributed by atoms with Crippen LogP contribution in [-0.4, -0.2) is 25.1 Å². The highest BCUT2D eigenvalue weighted by Gasteiger charge is 2.06. The van der Waals surface area contributed by atoms with Crippen LogP contribution >= 0.6 is 0 Å². The van der Waals surface area contributed by atoms with Crippen molar-refractivity contribution in [3.8, 4) is 5.75 Å². The van der Waals surface area contributed by atoms with Crippen molar-refractivity contribution in [2.75, 3.05) is 18.5 Å². The maximum absolute atomic E-state index is 13.0. The third-order valence-corrected chi connectivity index (χ3v) is 3.11. The van der Waals surface area contributed by atoms with Crippen molar-refractivity contribution >= 4 is 23.6 Å². The number of benzene rings is 2. The van der Waals surface area contributed by atoms with Crippen LogP contribution in [0, 0.1) is 5.82 Å². The summed E-state index contributed by atoms with van der Waals surface area (Å²) in [5.74, 6) is -0.991. The van der Waals surface area contributed by atoms with E-state index in [4.69, 9.17) is 9.47 Å². The van der Waals surface area contributed by atoms with Gasteiger partial charge in [0.25, 0.3) is 5.91 Å². The third-order valence-electron chi connectivity index (χ3n) is 3.11. The number of esters is 1. The molecule has 0 spiro atoms. The van der Waals surface area contributed by atoms with Crippen molar-refractivity contribution in [3.05, 3.63) is 78.6 Å². The van der Waals surface area contributed by atoms with Crippen molar-refractivity contribution in [1.29, 1.82) is 0 Å². The molecular formula is C20H18FNO4. The fraction of sp³-hybridized carbons (Fsp3) is 0.100. The number of hydrogen-bond donors (Lipinski definition) is 1. The molecule has 2 aromatic rings. The Hall–Kier alpha value is -3.41. The van der Waals surface area contributed by atoms with Gasteiger partial charge >= 0.3 is 5.97 Å². The Morgan fingerprint density at radius 3 is 2.62 bits per heavy atom. The van der Waals surface area contributed by atoms with Crippen LogP contribution in [0.25, 0.3) is 6.08 Å². The predicted molar refractivity (Wildman–Crippen MR) is 97.2 cm³/mol. The third kappa shape index (κ3) is 6.60. The first-order chi connectivity index (χ1) is 12.6. The van der Waals surface area contributed by atoms with Crippen LogP contribution in [0.1, 0.15) is 5.56 Å². The van der Waals surface area contributed by atoms with Gasteiger partial charge in [-0.2, -0.15) is 0 Å². The molecule has 0 fully saturated rings. The zero-order chi connectivity index (χ0) is 18.8. The lowest BCUT2D eigenvalue weighted by atomic mass is 10.2. The fourth-order valence-corrected chi connectivity index (χ4v) is 1.94. The van der Waals surface area contributed by atoms with Crippen LogP contribution in [0.2, 0.25) is 0 Å². The van der Waals surface area contributed by atoms with E-state index in [1.165, 1.54) is 30.3 Å². The molecule has 0 saturated carbocycles. The van der Waals surface area contributed by atoms with Crippen molar-refractivity contribution < 1.29 is 23.5 Å². The maximum Gasteiger partial charge on any atom is 0.331 e. The maximum atomic E-state index is 13.0. The van der Waals surface area contributed by atoms with Gasteiger partial charge in [-0.3, -0.25) is 4.79 Å². The van der Waals surface area contributed by atoms with E-state index >= 15 is 0 Å². The minimum Gasteiger partial charge on any atom is -0.490 e. The first kappa shape index (κ1) is 18.9. The second kappa shape index (κ2) is 9.78. The second-order valence-electron chi connectivity index (χ2n) is 5.17. The van der Waals surface area contributed by atoms with E-state index in [1.807, 2.05) is 0 Å². The van der Waals surface area contributed by atoms with Crippen LogP contribution in [0.5, 0.6) is 5.75 Å². The van der Waals surface area contributed by atoms with Gasteiger partial charge in [0.15, 0.2) is 6.61 Å². The number of rotatable bonds is 8. The molecule has 5 nitrogen and oxygen atoms in total. The highest BCUT2D eigenvalue weighted by atomic mass is 19.1. The summed E-state index contributed by atoms with van der Waals surface area (Å²) in [6.45, 7) is 3.52. The quantitative estimate of drug-likeness (QED) is 0.447. The Labute approximate surface area is 150 Å². The number of carbonyl (C=O) groups excluding carboxylic acids is 2. The zero-order valence-electron chi connectivity index (χ0n) is 14.0. The van der Waals surface area contributed by atoms with Crippen molar-refractivity contribution in [1.82, 2.24) is 0 Å². The fourth-order valence-electron chi connectivity index (χ4n) is 1.94. The summed E-state index contributed by atoms with van der Waals surface area (Å²) in [6.07, 6.45) is 4.42. The van der Waals surface area contributed by atoms with Crippen molar-refractivity contribution in [3.63, 3.8) is 0 Å². The Morgan fingerprint density at radius 1 is 1.15 bits per heavy atom. The van der Waals surface area contributed by atoms with Gasteiger partial charge in [-0.15, -0.1) is 0 Å². The van der Waals surface area contributed by atoms with Gasteiger partial charge in [0, 0.05) is 11.8 Å². The molecule has 0 aliphatic carbocycles. The SMILES string of the molecule is C=CCOc1ccc(/C=C/C(=O)OCC(=O)Nc2cccc(F)c2)cc1. The smallest absolute Gasteiger partial charge is 0.331 e. The minimum atomic E-state index is -0.661. The molecule has 0 aromatic heterocycles. The Morgan fingerprint density at radius 2 is 1.92 bits per heavy atom. The molecule has 2 aromatic carbocycles. The molecular weight excluding hydrogens is 337 g/mol. The molecule has 1 amide bonds. The van der Waals surface area contributed by atoms with E-state index in [0.29, 0.717) is 18.0 Å². The van der Waals surface area contributed by atoms with Gasteiger partial charge in [-0.1, -0.05) is 30.9 Å². The number of carbonyl (C=O) groups is 2. The largest absolute Gasteiger partial charge is 0.490 e. The van der Waals surface area contributed by atoms with Crippen LogP contribution in [0.15, 0.2) is 67.3 Å². The minimum absolute atomic E-state index is 0.292. The number of nitrogens with one attached hydrogen (secondary N) is 1. The number of halogens is 1. The molecule has 0 atom stereocenters. The van der Waals surface area contributed by atoms with Crippen LogP contribution in [0.3, 0.4) is 0 Å². The lowest BCUT2D eigenvalue weighted by molar-refractivity contribution is -0.142. The first-order valence-corrected chi connectivity index (χ1v) is 7.81. The van der Waals surface area contributed by atoms with Gasteiger partial charge in [0.2, 0.25) is 0 Å². The summed E-state index contributed by atoms with van der Waals surface area (Å²) < 4.78 is 23.2. The number of anilines is 1. The Balaban J connectivity index is 1.77. The van der Waals surface area contributed by atoms with E-state index in [1.54, 1.807) is 36.4 Å². The molecule has 0 bridgehead atoms. The predicted octanol–water partition coefficient (Wildman–Crippen LogP) is 3.59. The van der Waals surface area contributed by atoms with Gasteiger partial charge in [-0.05, 0) is 42.0 Å². The molecule has 1 N–H and O–H groups in total. The Bertz CT molecular complexity index is 800. The van der Waals surface area contributed by atoms with E-state index < -0.39 is 24.3 Å². The molecule has 0 unspecified atom stereocenters. The lowest BCUT2D eigenvalue weighted by Gasteiger charge is -2.05. The van der Waals surface area contributed by atoms with E-state index in [0.717, 1.165) is 5.56 Å². The molecule has 26 heavy (non-hydrogen) atoms. The molecule has 0 heterocycles. The summed E-state index contributed by atoms with van der Waals surface area (Å²) in [7, 11) is 0. The highest BCUT2D eigenvalue weighted by molar-refractivity contribution is 5.94. The van der Waals surface area contributed by atoms with Gasteiger partial charge in [0.05, 0.1) is 0 Å². The van der Waals surface area contributed by atoms with Crippen molar-refractivity contribution in [2.45, 2.75) is 0 Å². The first-order valence-electron chi connectivity index (χ1n) is 7.81. The van der Waals surface area contributed by atoms with Gasteiger partial charge in [0.1, 0.15) is 18.2 Å². The topological polar surface area (TPSA) is 64.6 Å². The highest BCUT2D eigenvalue weighted by Crippen LogP contribution is 2.13. The normalized spacial score (nSPS) is 10.3. The summed E-state index contributed by atoms with van der Waals surface area (Å²) in [4.78, 5) is 23.3. The molecule has 6 heteroatoms. The van der Waals surface area contributed by atoms with Crippen LogP contribution in [0.4, 0.5) is 10.1 Å². The van der Waals surface area contributed by atoms with Crippen molar-refractivity contribution in [2.24, 2.45) is 0 Å². The molecule has 134 valence electrons. The molecule has 2 rings (SSSR count). The van der Waals surface area contributed by atoms with E-state index in [9.17, 15) is 14.0 Å². The summed E-state index contributed by atoms with van der Waals surface area (Å²) in [6, 6.07) is 12.5. The number of ether oxygens (including phenoxy) is 2. The average Bonchev–Trinajstić information content (AvgIpc) is 2.64. The van der Waals surface area contributed by atoms with E-state index in [-0.39, 0.29) is 0 Å². The molecule has 0 radical (unpaired) electrons. The van der Waals surface area contributed by atoms with Crippen LogP contribution < -0.4 is 10.1 Å². The monoisotopic (exact) mass is 355 g/mol. The standard InChI is InChI=1S/C20H18FNO4/c1-2-12-25-18-9-6-15(7-10-18)8-11-20(24)26-14-19(23)22-17-5-3-4-16(21)13-17/h2-11,13H,1,12,14H2,(H,22,23)/b11-8+. The molecule has 0 aliphatic rings. The number of hydrogen-bond acceptors (Lipinski definition) is 4. The zero-order valence-corrected chi connectivity index (χ0v) is 14.0. The summed E-state index contributed by atoms with van der Waals surface area (Å²) in [5, 5.41) is 2.43. The lowest BCUT2D eigenvalue weighted by Crippen LogP contribution is -2.20. The molecule has 0 aliphatic heterocycles. The molecule has 0 saturated heterocycles. The van der Waals surface area contributed by atoms with Gasteiger partial charge in [-0.25, -0.2) is 9.18 Å². The van der Waals surface area contributed by atoms with E-state index in [2.05, 4.69) is 11.9 Å². The van der Waals surface area contributed by atoms with Crippen LogP contribution in [-0.2, 0) is 14.3 Å². The average molecular weight is 355 g/mol. The summed E-state index contributed by atoms with van der Waals surface area (Å²) >= 11 is 0.